The average Bonchev–Trinajstić information content (AvgIpc) is 2.96. The van der Waals surface area contributed by atoms with Crippen molar-refractivity contribution in [3.63, 3.8) is 0 Å². The summed E-state index contributed by atoms with van der Waals surface area (Å²) in [6, 6.07) is 7.21. The molecule has 0 aliphatic carbocycles. The Morgan fingerprint density at radius 2 is 1.80 bits per heavy atom. The van der Waals surface area contributed by atoms with Crippen molar-refractivity contribution in [1.29, 1.82) is 0 Å². The van der Waals surface area contributed by atoms with Crippen LogP contribution in [0.25, 0.3) is 0 Å². The van der Waals surface area contributed by atoms with Gasteiger partial charge in [0.05, 0.1) is 19.1 Å². The van der Waals surface area contributed by atoms with Crippen molar-refractivity contribution in [3.8, 4) is 0 Å². The van der Waals surface area contributed by atoms with Crippen molar-refractivity contribution in [1.82, 2.24) is 15.1 Å². The van der Waals surface area contributed by atoms with Crippen molar-refractivity contribution in [2.75, 3.05) is 26.7 Å². The quantitative estimate of drug-likeness (QED) is 0.764. The number of carbonyl (C=O) groups is 2. The molecule has 0 bridgehead atoms. The van der Waals surface area contributed by atoms with E-state index in [9.17, 15) is 9.59 Å². The van der Waals surface area contributed by atoms with Crippen LogP contribution in [0.5, 0.6) is 0 Å². The minimum atomic E-state index is -0.158. The number of nitrogens with one attached hydrogen (secondary N) is 1. The van der Waals surface area contributed by atoms with Crippen molar-refractivity contribution in [2.24, 2.45) is 0 Å². The number of hydrogen-bond donors (Lipinski definition) is 2. The van der Waals surface area contributed by atoms with Gasteiger partial charge in [-0.3, -0.25) is 14.5 Å². The molecule has 0 unspecified atom stereocenters. The van der Waals surface area contributed by atoms with Crippen LogP contribution in [0.2, 0.25) is 0 Å². The van der Waals surface area contributed by atoms with Crippen LogP contribution in [0.3, 0.4) is 0 Å². The lowest BCUT2D eigenvalue weighted by Gasteiger charge is -2.26. The monoisotopic (exact) mass is 347 g/mol. The first-order valence-electron chi connectivity index (χ1n) is 8.95. The van der Waals surface area contributed by atoms with E-state index >= 15 is 0 Å². The summed E-state index contributed by atoms with van der Waals surface area (Å²) in [6.07, 6.45) is 0.960. The molecule has 2 rings (SSSR count). The molecule has 1 aliphatic heterocycles. The number of nitrogens with zero attached hydrogens (tertiary/aromatic N) is 2. The van der Waals surface area contributed by atoms with Crippen LogP contribution >= 0.6 is 0 Å². The second kappa shape index (κ2) is 8.97. The average molecular weight is 347 g/mol. The summed E-state index contributed by atoms with van der Waals surface area (Å²) in [5.74, 6) is 0.106. The van der Waals surface area contributed by atoms with Gasteiger partial charge in [0, 0.05) is 25.7 Å². The molecule has 0 radical (unpaired) electrons. The van der Waals surface area contributed by atoms with E-state index in [2.05, 4.69) is 5.32 Å². The van der Waals surface area contributed by atoms with Gasteiger partial charge in [-0.1, -0.05) is 24.3 Å². The highest BCUT2D eigenvalue weighted by atomic mass is 16.3. The smallest absolute Gasteiger partial charge is 0.239 e. The molecule has 1 aromatic carbocycles. The Labute approximate surface area is 149 Å². The Balaban J connectivity index is 1.88. The predicted octanol–water partition coefficient (Wildman–Crippen LogP) is 0.779. The molecule has 138 valence electrons. The lowest BCUT2D eigenvalue weighted by Crippen LogP contribution is -2.44. The van der Waals surface area contributed by atoms with E-state index in [-0.39, 0.29) is 30.5 Å². The third-order valence-electron chi connectivity index (χ3n) is 4.84. The molecule has 0 aromatic heterocycles. The third-order valence-corrected chi connectivity index (χ3v) is 4.84. The summed E-state index contributed by atoms with van der Waals surface area (Å²) in [5.41, 5.74) is 1.75. The molecule has 1 saturated heterocycles. The number of aliphatic hydroxyl groups is 1. The molecule has 2 atom stereocenters. The molecule has 1 aromatic rings. The Morgan fingerprint density at radius 3 is 2.36 bits per heavy atom. The zero-order valence-corrected chi connectivity index (χ0v) is 15.4. The van der Waals surface area contributed by atoms with Gasteiger partial charge >= 0.3 is 0 Å². The maximum Gasteiger partial charge on any atom is 0.239 e. The molecule has 2 N–H and O–H groups in total. The first kappa shape index (κ1) is 19.4. The highest BCUT2D eigenvalue weighted by Crippen LogP contribution is 2.18. The Kier molecular flexibility index (Phi) is 6.96. The van der Waals surface area contributed by atoms with Crippen molar-refractivity contribution >= 4 is 11.8 Å². The molecule has 6 heteroatoms. The molecule has 0 spiro atoms. The van der Waals surface area contributed by atoms with E-state index in [4.69, 9.17) is 5.11 Å². The minimum Gasteiger partial charge on any atom is -0.392 e. The highest BCUT2D eigenvalue weighted by Gasteiger charge is 2.36. The Bertz CT molecular complexity index is 584. The first-order valence-corrected chi connectivity index (χ1v) is 8.95. The lowest BCUT2D eigenvalue weighted by molar-refractivity contribution is -0.135. The van der Waals surface area contributed by atoms with Gasteiger partial charge in [-0.2, -0.15) is 0 Å². The Hall–Kier alpha value is -1.92. The summed E-state index contributed by atoms with van der Waals surface area (Å²) < 4.78 is 0. The number of hydrogen-bond acceptors (Lipinski definition) is 4. The lowest BCUT2D eigenvalue weighted by atomic mass is 10.1. The summed E-state index contributed by atoms with van der Waals surface area (Å²) >= 11 is 0. The van der Waals surface area contributed by atoms with Crippen molar-refractivity contribution in [2.45, 2.75) is 45.4 Å². The van der Waals surface area contributed by atoms with Crippen LogP contribution in [0, 0.1) is 0 Å². The molecule has 6 nitrogen and oxygen atoms in total. The largest absolute Gasteiger partial charge is 0.392 e. The van der Waals surface area contributed by atoms with Crippen LogP contribution in [-0.2, 0) is 22.6 Å². The number of rotatable bonds is 7. The SMILES string of the molecule is CCN(CC)C(=O)[C@@H]1C[C@@H](NC(=O)Cc2ccc(CO)cc2)CN1C. The van der Waals surface area contributed by atoms with Gasteiger partial charge in [0.15, 0.2) is 0 Å². The molecule has 25 heavy (non-hydrogen) atoms. The van der Waals surface area contributed by atoms with Gasteiger partial charge in [0.25, 0.3) is 0 Å². The molecule has 2 amide bonds. The topological polar surface area (TPSA) is 72.9 Å². The molecular formula is C19H29N3O3. The molecule has 1 heterocycles. The van der Waals surface area contributed by atoms with E-state index in [1.165, 1.54) is 0 Å². The molecule has 1 aliphatic rings. The van der Waals surface area contributed by atoms with Crippen LogP contribution < -0.4 is 5.32 Å². The van der Waals surface area contributed by atoms with Gasteiger partial charge in [-0.05, 0) is 38.4 Å². The highest BCUT2D eigenvalue weighted by molar-refractivity contribution is 5.83. The number of likely N-dealkylation sites (tertiary alicyclic amines) is 1. The maximum absolute atomic E-state index is 12.6. The number of aliphatic hydroxyl groups excluding tert-OH is 1. The summed E-state index contributed by atoms with van der Waals surface area (Å²) in [4.78, 5) is 28.7. The normalized spacial score (nSPS) is 20.5. The van der Waals surface area contributed by atoms with E-state index in [0.717, 1.165) is 11.1 Å². The number of benzene rings is 1. The van der Waals surface area contributed by atoms with Gasteiger partial charge in [-0.25, -0.2) is 0 Å². The van der Waals surface area contributed by atoms with Gasteiger partial charge in [0.1, 0.15) is 0 Å². The fourth-order valence-electron chi connectivity index (χ4n) is 3.37. The maximum atomic E-state index is 12.6. The standard InChI is InChI=1S/C19H29N3O3/c1-4-22(5-2)19(25)17-11-16(12-21(17)3)20-18(24)10-14-6-8-15(13-23)9-7-14/h6-9,16-17,23H,4-5,10-13H2,1-3H3,(H,20,24)/t16-,17+/m1/s1. The minimum absolute atomic E-state index is 0.00118. The number of likely N-dealkylation sites (N-methyl/N-ethyl adjacent to an activating group) is 2. The zero-order valence-electron chi connectivity index (χ0n) is 15.4. The zero-order chi connectivity index (χ0) is 18.4. The summed E-state index contributed by atoms with van der Waals surface area (Å²) in [7, 11) is 1.94. The molecule has 1 fully saturated rings. The van der Waals surface area contributed by atoms with Crippen LogP contribution in [0.15, 0.2) is 24.3 Å². The molecular weight excluding hydrogens is 318 g/mol. The van der Waals surface area contributed by atoms with E-state index in [1.54, 1.807) is 0 Å². The van der Waals surface area contributed by atoms with Crippen LogP contribution in [0.1, 0.15) is 31.4 Å². The van der Waals surface area contributed by atoms with Crippen LogP contribution in [0.4, 0.5) is 0 Å². The second-order valence-electron chi connectivity index (χ2n) is 6.62. The van der Waals surface area contributed by atoms with Gasteiger partial charge in [-0.15, -0.1) is 0 Å². The second-order valence-corrected chi connectivity index (χ2v) is 6.62. The number of amides is 2. The molecule has 0 saturated carbocycles. The summed E-state index contributed by atoms with van der Waals surface area (Å²) in [5, 5.41) is 12.1. The van der Waals surface area contributed by atoms with E-state index < -0.39 is 0 Å². The van der Waals surface area contributed by atoms with Crippen LogP contribution in [-0.4, -0.2) is 65.5 Å². The van der Waals surface area contributed by atoms with Gasteiger partial charge in [0.2, 0.25) is 11.8 Å². The van der Waals surface area contributed by atoms with E-state index in [1.807, 2.05) is 55.0 Å². The van der Waals surface area contributed by atoms with Crippen molar-refractivity contribution < 1.29 is 14.7 Å². The third kappa shape index (κ3) is 5.03. The fourth-order valence-corrected chi connectivity index (χ4v) is 3.37. The predicted molar refractivity (Wildman–Crippen MR) is 97.0 cm³/mol. The van der Waals surface area contributed by atoms with Gasteiger partial charge < -0.3 is 15.3 Å². The number of carbonyl (C=O) groups excluding carboxylic acids is 2. The summed E-state index contributed by atoms with van der Waals surface area (Å²) in [6.45, 7) is 6.08. The van der Waals surface area contributed by atoms with E-state index in [0.29, 0.717) is 32.5 Å². The Morgan fingerprint density at radius 1 is 1.20 bits per heavy atom. The van der Waals surface area contributed by atoms with Crippen molar-refractivity contribution in [3.05, 3.63) is 35.4 Å². The first-order chi connectivity index (χ1) is 12.0. The fraction of sp³-hybridized carbons (Fsp3) is 0.579.